The van der Waals surface area contributed by atoms with Crippen molar-refractivity contribution in [2.24, 2.45) is 6.98 Å². The quantitative estimate of drug-likeness (QED) is 0.431. The lowest BCUT2D eigenvalue weighted by atomic mass is 10.2. The molecule has 0 N–H and O–H groups in total. The molecule has 5 heterocycles. The zero-order valence-electron chi connectivity index (χ0n) is 16.8. The van der Waals surface area contributed by atoms with Crippen LogP contribution in [0.5, 0.6) is 0 Å². The highest BCUT2D eigenvalue weighted by atomic mass is 15.3. The third kappa shape index (κ3) is 1.57. The predicted molar refractivity (Wildman–Crippen MR) is 100 cm³/mol. The van der Waals surface area contributed by atoms with Crippen LogP contribution >= 0.6 is 0 Å². The van der Waals surface area contributed by atoms with Crippen LogP contribution in [0.25, 0.3) is 39.4 Å². The minimum absolute atomic E-state index is 0.572. The number of nitrogens with zero attached hydrogens (tertiary/aromatic N) is 5. The summed E-state index contributed by atoms with van der Waals surface area (Å²) < 4.78 is 30.5. The molecule has 1 aliphatic rings. The molecule has 0 unspecified atom stereocenters. The number of pyridine rings is 2. The molecule has 124 valence electrons. The molecule has 5 aromatic rings. The van der Waals surface area contributed by atoms with Gasteiger partial charge < -0.3 is 0 Å². The fraction of sp³-hybridized carbons (Fsp3) is 0.0952. The summed E-state index contributed by atoms with van der Waals surface area (Å²) in [6.45, 7) is -1.80. The molecule has 1 aromatic carbocycles. The van der Waals surface area contributed by atoms with Crippen molar-refractivity contribution >= 4 is 22.2 Å². The van der Waals surface area contributed by atoms with Crippen LogP contribution in [-0.2, 0) is 13.5 Å². The lowest BCUT2D eigenvalue weighted by Gasteiger charge is -2.03. The first-order chi connectivity index (χ1) is 14.1. The number of benzene rings is 1. The number of aromatic nitrogens is 5. The average molecular weight is 341 g/mol. The highest BCUT2D eigenvalue weighted by molar-refractivity contribution is 6.03. The van der Waals surface area contributed by atoms with Gasteiger partial charge in [0.2, 0.25) is 5.52 Å². The lowest BCUT2D eigenvalue weighted by Crippen LogP contribution is -2.31. The number of hydrogen-bond acceptors (Lipinski definition) is 2. The molecule has 0 fully saturated rings. The molecule has 1 aliphatic heterocycles. The molecule has 6 rings (SSSR count). The molecule has 26 heavy (non-hydrogen) atoms. The van der Waals surface area contributed by atoms with E-state index in [4.69, 9.17) is 4.11 Å². The minimum Gasteiger partial charge on any atom is -0.249 e. The van der Waals surface area contributed by atoms with Gasteiger partial charge in [0, 0.05) is 18.0 Å². The van der Waals surface area contributed by atoms with Crippen LogP contribution in [-0.4, -0.2) is 19.1 Å². The average Bonchev–Trinajstić information content (AvgIpc) is 3.34. The van der Waals surface area contributed by atoms with E-state index in [-0.39, 0.29) is 0 Å². The SMILES string of the molecule is [2H]C([2H])([2H])[n+]1c2n(c3c4ncccc4n(-c4ccccc4)c31)Cc1cccnc1-2. The van der Waals surface area contributed by atoms with E-state index in [0.717, 1.165) is 27.8 Å². The van der Waals surface area contributed by atoms with Crippen molar-refractivity contribution in [3.05, 3.63) is 72.6 Å². The fourth-order valence-electron chi connectivity index (χ4n) is 4.03. The maximum Gasteiger partial charge on any atom is 0.276 e. The molecule has 4 aromatic heterocycles. The number of rotatable bonds is 1. The van der Waals surface area contributed by atoms with Crippen LogP contribution in [0.4, 0.5) is 0 Å². The molecule has 0 amide bonds. The van der Waals surface area contributed by atoms with Crippen LogP contribution in [0, 0.1) is 0 Å². The van der Waals surface area contributed by atoms with Gasteiger partial charge in [-0.15, -0.1) is 0 Å². The number of para-hydroxylation sites is 1. The predicted octanol–water partition coefficient (Wildman–Crippen LogP) is 3.23. The standard InChI is InChI=1S/C21H16N5/c1-24-20-17-14(7-5-11-22-17)13-25(20)19-18-16(10-6-12-23-18)26(21(19)24)15-8-3-2-4-9-15/h2-12H,13H2,1H3/q+1/i1D3. The Hall–Kier alpha value is -3.47. The third-order valence-corrected chi connectivity index (χ3v) is 5.07. The Bertz CT molecular complexity index is 1410. The summed E-state index contributed by atoms with van der Waals surface area (Å²) in [6.07, 6.45) is 3.45. The maximum atomic E-state index is 8.34. The summed E-state index contributed by atoms with van der Waals surface area (Å²) >= 11 is 0. The molecule has 0 saturated heterocycles. The van der Waals surface area contributed by atoms with Crippen LogP contribution in [0.1, 0.15) is 9.68 Å². The highest BCUT2D eigenvalue weighted by Crippen LogP contribution is 2.36. The van der Waals surface area contributed by atoms with Crippen LogP contribution in [0.2, 0.25) is 0 Å². The van der Waals surface area contributed by atoms with E-state index in [1.807, 2.05) is 63.7 Å². The van der Waals surface area contributed by atoms with Crippen molar-refractivity contribution in [1.82, 2.24) is 19.1 Å². The Balaban J connectivity index is 1.88. The molecular weight excluding hydrogens is 322 g/mol. The Morgan fingerprint density at radius 1 is 1.00 bits per heavy atom. The molecular formula is C21H16N5+. The first kappa shape index (κ1) is 11.2. The highest BCUT2D eigenvalue weighted by Gasteiger charge is 2.36. The summed E-state index contributed by atoms with van der Waals surface area (Å²) in [4.78, 5) is 9.14. The molecule has 5 nitrogen and oxygen atoms in total. The Kier molecular flexibility index (Phi) is 2.06. The molecule has 0 aliphatic carbocycles. The van der Waals surface area contributed by atoms with E-state index in [2.05, 4.69) is 9.97 Å². The van der Waals surface area contributed by atoms with E-state index in [0.29, 0.717) is 23.7 Å². The topological polar surface area (TPSA) is 39.5 Å². The second-order valence-electron chi connectivity index (χ2n) is 6.47. The van der Waals surface area contributed by atoms with E-state index < -0.39 is 6.98 Å². The largest absolute Gasteiger partial charge is 0.276 e. The van der Waals surface area contributed by atoms with Gasteiger partial charge in [0.1, 0.15) is 22.4 Å². The number of aryl methyl sites for hydroxylation is 1. The van der Waals surface area contributed by atoms with Crippen molar-refractivity contribution in [3.63, 3.8) is 0 Å². The van der Waals surface area contributed by atoms with Gasteiger partial charge in [-0.2, -0.15) is 0 Å². The van der Waals surface area contributed by atoms with Gasteiger partial charge in [-0.3, -0.25) is 0 Å². The van der Waals surface area contributed by atoms with E-state index in [9.17, 15) is 0 Å². The van der Waals surface area contributed by atoms with Crippen LogP contribution < -0.4 is 4.57 Å². The first-order valence-corrected chi connectivity index (χ1v) is 8.49. The lowest BCUT2D eigenvalue weighted by molar-refractivity contribution is -0.636. The molecule has 0 spiro atoms. The van der Waals surface area contributed by atoms with Gasteiger partial charge in [-0.05, 0) is 30.3 Å². The Morgan fingerprint density at radius 3 is 2.73 bits per heavy atom. The second kappa shape index (κ2) is 4.79. The Morgan fingerprint density at radius 2 is 1.85 bits per heavy atom. The zero-order valence-corrected chi connectivity index (χ0v) is 13.8. The number of imidazole rings is 1. The van der Waals surface area contributed by atoms with Gasteiger partial charge in [-0.25, -0.2) is 23.7 Å². The number of fused-ring (bicyclic) bond motifs is 7. The summed E-state index contributed by atoms with van der Waals surface area (Å²) in [5.41, 5.74) is 5.69. The van der Waals surface area contributed by atoms with Gasteiger partial charge in [0.05, 0.1) is 17.6 Å². The molecule has 0 bridgehead atoms. The Labute approximate surface area is 154 Å². The summed E-state index contributed by atoms with van der Waals surface area (Å²) in [5.74, 6) is 0.600. The number of hydrogen-bond donors (Lipinski definition) is 0. The van der Waals surface area contributed by atoms with E-state index in [1.54, 1.807) is 12.4 Å². The van der Waals surface area contributed by atoms with Crippen LogP contribution in [0.3, 0.4) is 0 Å². The van der Waals surface area contributed by atoms with Gasteiger partial charge in [-0.1, -0.05) is 24.3 Å². The molecule has 0 atom stereocenters. The monoisotopic (exact) mass is 341 g/mol. The van der Waals surface area contributed by atoms with Crippen molar-refractivity contribution in [1.29, 1.82) is 0 Å². The normalized spacial score (nSPS) is 14.8. The second-order valence-corrected chi connectivity index (χ2v) is 6.47. The fourth-order valence-corrected chi connectivity index (χ4v) is 4.03. The van der Waals surface area contributed by atoms with E-state index >= 15 is 0 Å². The smallest absolute Gasteiger partial charge is 0.249 e. The maximum absolute atomic E-state index is 8.34. The van der Waals surface area contributed by atoms with Gasteiger partial charge in [0.15, 0.2) is 0 Å². The van der Waals surface area contributed by atoms with Crippen molar-refractivity contribution in [3.8, 4) is 17.2 Å². The first-order valence-electron chi connectivity index (χ1n) is 9.99. The molecule has 0 radical (unpaired) electrons. The van der Waals surface area contributed by atoms with Gasteiger partial charge >= 0.3 is 0 Å². The van der Waals surface area contributed by atoms with Crippen LogP contribution in [0.15, 0.2) is 67.0 Å². The van der Waals surface area contributed by atoms with E-state index in [1.165, 1.54) is 4.57 Å². The summed E-state index contributed by atoms with van der Waals surface area (Å²) in [7, 11) is 0. The zero-order chi connectivity index (χ0) is 19.8. The van der Waals surface area contributed by atoms with Crippen molar-refractivity contribution in [2.75, 3.05) is 0 Å². The van der Waals surface area contributed by atoms with Gasteiger partial charge in [0.25, 0.3) is 11.5 Å². The summed E-state index contributed by atoms with van der Waals surface area (Å²) in [5, 5.41) is 0. The van der Waals surface area contributed by atoms with Crippen molar-refractivity contribution < 1.29 is 8.68 Å². The third-order valence-electron chi connectivity index (χ3n) is 5.07. The molecule has 5 heteroatoms. The summed E-state index contributed by atoms with van der Waals surface area (Å²) in [6, 6.07) is 17.5. The van der Waals surface area contributed by atoms with Crippen molar-refractivity contribution in [2.45, 2.75) is 6.54 Å². The minimum atomic E-state index is -2.38. The molecule has 0 saturated carbocycles.